The van der Waals surface area contributed by atoms with E-state index in [9.17, 15) is 10.2 Å². The first-order valence-corrected chi connectivity index (χ1v) is 9.24. The summed E-state index contributed by atoms with van der Waals surface area (Å²) in [6, 6.07) is 17.0. The summed E-state index contributed by atoms with van der Waals surface area (Å²) < 4.78 is 28.4. The van der Waals surface area contributed by atoms with Crippen molar-refractivity contribution in [3.05, 3.63) is 65.7 Å². The molecule has 6 atom stereocenters. The lowest BCUT2D eigenvalue weighted by molar-refractivity contribution is -0.360. The summed E-state index contributed by atoms with van der Waals surface area (Å²) in [7, 11) is 1.61. The molecule has 7 heteroatoms. The van der Waals surface area contributed by atoms with Crippen molar-refractivity contribution in [2.75, 3.05) is 13.7 Å². The lowest BCUT2D eigenvalue weighted by Gasteiger charge is -2.46. The maximum Gasteiger partial charge on any atom is 0.184 e. The molecule has 2 fully saturated rings. The third-order valence-electron chi connectivity index (χ3n) is 5.00. The van der Waals surface area contributed by atoms with Crippen molar-refractivity contribution >= 4 is 0 Å². The third kappa shape index (κ3) is 4.05. The molecule has 150 valence electrons. The molecule has 2 saturated heterocycles. The minimum absolute atomic E-state index is 0.233. The molecule has 28 heavy (non-hydrogen) atoms. The zero-order valence-electron chi connectivity index (χ0n) is 15.5. The summed E-state index contributed by atoms with van der Waals surface area (Å²) in [4.78, 5) is 0. The Balaban J connectivity index is 1.47. The van der Waals surface area contributed by atoms with Crippen LogP contribution < -0.4 is 4.74 Å². The molecule has 2 aromatic carbocycles. The SMILES string of the molecule is COc1ccc(CO[C@@H]2[C@@H](O)[C@H](O)O[C@@H]3COC(c4ccccc4)O[C@H]23)cc1. The van der Waals surface area contributed by atoms with E-state index in [2.05, 4.69) is 0 Å². The van der Waals surface area contributed by atoms with Gasteiger partial charge in [-0.05, 0) is 17.7 Å². The van der Waals surface area contributed by atoms with Gasteiger partial charge in [0, 0.05) is 5.56 Å². The van der Waals surface area contributed by atoms with E-state index < -0.39 is 37.0 Å². The fourth-order valence-corrected chi connectivity index (χ4v) is 3.46. The van der Waals surface area contributed by atoms with Gasteiger partial charge in [-0.1, -0.05) is 42.5 Å². The van der Waals surface area contributed by atoms with Crippen LogP contribution >= 0.6 is 0 Å². The van der Waals surface area contributed by atoms with Crippen LogP contribution in [0, 0.1) is 0 Å². The van der Waals surface area contributed by atoms with Crippen molar-refractivity contribution in [3.63, 3.8) is 0 Å². The van der Waals surface area contributed by atoms with E-state index >= 15 is 0 Å². The molecule has 0 saturated carbocycles. The quantitative estimate of drug-likeness (QED) is 0.807. The Labute approximate surface area is 163 Å². The molecule has 2 aliphatic heterocycles. The van der Waals surface area contributed by atoms with E-state index in [1.165, 1.54) is 0 Å². The number of aliphatic hydroxyl groups excluding tert-OH is 2. The highest BCUT2D eigenvalue weighted by Gasteiger charge is 2.49. The van der Waals surface area contributed by atoms with Crippen LogP contribution in [0.3, 0.4) is 0 Å². The minimum Gasteiger partial charge on any atom is -0.497 e. The van der Waals surface area contributed by atoms with Gasteiger partial charge in [-0.15, -0.1) is 0 Å². The fourth-order valence-electron chi connectivity index (χ4n) is 3.46. The maximum absolute atomic E-state index is 10.5. The van der Waals surface area contributed by atoms with E-state index in [0.29, 0.717) is 0 Å². The van der Waals surface area contributed by atoms with Crippen LogP contribution in [0.25, 0.3) is 0 Å². The van der Waals surface area contributed by atoms with E-state index in [4.69, 9.17) is 23.7 Å². The first kappa shape index (κ1) is 19.3. The summed E-state index contributed by atoms with van der Waals surface area (Å²) in [5.41, 5.74) is 1.78. The molecule has 0 bridgehead atoms. The van der Waals surface area contributed by atoms with Gasteiger partial charge in [0.05, 0.1) is 20.3 Å². The standard InChI is InChI=1S/C21H24O7/c1-24-15-9-7-13(8-10-15)11-25-19-17(22)20(23)27-16-12-26-21(28-18(16)19)14-5-3-2-4-6-14/h2-10,16-23H,11-12H2,1H3/t16-,17-,18+,19-,20-,21?/m1/s1. The molecule has 0 aromatic heterocycles. The predicted octanol–water partition coefficient (Wildman–Crippen LogP) is 1.77. The van der Waals surface area contributed by atoms with Crippen LogP contribution in [-0.2, 0) is 25.6 Å². The van der Waals surface area contributed by atoms with E-state index in [1.54, 1.807) is 7.11 Å². The number of ether oxygens (including phenoxy) is 5. The normalized spacial score (nSPS) is 32.5. The van der Waals surface area contributed by atoms with Crippen LogP contribution in [0.2, 0.25) is 0 Å². The van der Waals surface area contributed by atoms with Crippen LogP contribution in [0.1, 0.15) is 17.4 Å². The van der Waals surface area contributed by atoms with E-state index in [-0.39, 0.29) is 13.2 Å². The highest BCUT2D eigenvalue weighted by molar-refractivity contribution is 5.26. The van der Waals surface area contributed by atoms with Gasteiger partial charge in [-0.3, -0.25) is 0 Å². The Morgan fingerprint density at radius 3 is 2.46 bits per heavy atom. The molecule has 2 aliphatic rings. The number of aliphatic hydroxyl groups is 2. The zero-order valence-corrected chi connectivity index (χ0v) is 15.5. The second-order valence-corrected chi connectivity index (χ2v) is 6.86. The van der Waals surface area contributed by atoms with Crippen LogP contribution in [0.5, 0.6) is 5.75 Å². The molecular weight excluding hydrogens is 364 g/mol. The Kier molecular flexibility index (Phi) is 5.91. The maximum atomic E-state index is 10.5. The first-order valence-electron chi connectivity index (χ1n) is 9.24. The average molecular weight is 388 g/mol. The molecule has 0 amide bonds. The van der Waals surface area contributed by atoms with Gasteiger partial charge >= 0.3 is 0 Å². The fraction of sp³-hybridized carbons (Fsp3) is 0.429. The molecule has 1 unspecified atom stereocenters. The van der Waals surface area contributed by atoms with Crippen molar-refractivity contribution in [1.82, 2.24) is 0 Å². The van der Waals surface area contributed by atoms with Gasteiger partial charge in [0.25, 0.3) is 0 Å². The second-order valence-electron chi connectivity index (χ2n) is 6.86. The molecule has 2 N–H and O–H groups in total. The molecular formula is C21H24O7. The first-order chi connectivity index (χ1) is 13.7. The monoisotopic (exact) mass is 388 g/mol. The van der Waals surface area contributed by atoms with Crippen LogP contribution in [-0.4, -0.2) is 54.6 Å². The molecule has 4 rings (SSSR count). The summed E-state index contributed by atoms with van der Waals surface area (Å²) >= 11 is 0. The van der Waals surface area contributed by atoms with E-state index in [1.807, 2.05) is 54.6 Å². The Morgan fingerprint density at radius 2 is 1.75 bits per heavy atom. The Hall–Kier alpha value is -2.00. The third-order valence-corrected chi connectivity index (χ3v) is 5.00. The van der Waals surface area contributed by atoms with Crippen molar-refractivity contribution in [3.8, 4) is 5.75 Å². The Bertz CT molecular complexity index is 751. The molecule has 0 radical (unpaired) electrons. The summed E-state index contributed by atoms with van der Waals surface area (Å²) in [5, 5.41) is 20.5. The summed E-state index contributed by atoms with van der Waals surface area (Å²) in [6.07, 6.45) is -5.03. The lowest BCUT2D eigenvalue weighted by Crippen LogP contribution is -2.62. The molecule has 2 aromatic rings. The number of hydrogen-bond donors (Lipinski definition) is 2. The van der Waals surface area contributed by atoms with Crippen molar-refractivity contribution in [1.29, 1.82) is 0 Å². The highest BCUT2D eigenvalue weighted by Crippen LogP contribution is 2.35. The van der Waals surface area contributed by atoms with Crippen molar-refractivity contribution < 1.29 is 33.9 Å². The number of fused-ring (bicyclic) bond motifs is 1. The van der Waals surface area contributed by atoms with Crippen LogP contribution in [0.15, 0.2) is 54.6 Å². The topological polar surface area (TPSA) is 86.6 Å². The van der Waals surface area contributed by atoms with Crippen LogP contribution in [0.4, 0.5) is 0 Å². The van der Waals surface area contributed by atoms with Crippen molar-refractivity contribution in [2.24, 2.45) is 0 Å². The minimum atomic E-state index is -1.36. The van der Waals surface area contributed by atoms with Gasteiger partial charge in [-0.2, -0.15) is 0 Å². The average Bonchev–Trinajstić information content (AvgIpc) is 2.75. The van der Waals surface area contributed by atoms with E-state index in [0.717, 1.165) is 16.9 Å². The zero-order chi connectivity index (χ0) is 19.5. The number of rotatable bonds is 5. The van der Waals surface area contributed by atoms with Gasteiger partial charge in [0.1, 0.15) is 30.2 Å². The molecule has 0 aliphatic carbocycles. The summed E-state index contributed by atoms with van der Waals surface area (Å²) in [6.45, 7) is 0.484. The van der Waals surface area contributed by atoms with Gasteiger partial charge in [0.15, 0.2) is 12.6 Å². The molecule has 7 nitrogen and oxygen atoms in total. The second kappa shape index (κ2) is 8.57. The summed E-state index contributed by atoms with van der Waals surface area (Å²) in [5.74, 6) is 0.754. The predicted molar refractivity (Wildman–Crippen MR) is 98.5 cm³/mol. The number of hydrogen-bond acceptors (Lipinski definition) is 7. The molecule has 0 spiro atoms. The Morgan fingerprint density at radius 1 is 1.00 bits per heavy atom. The number of benzene rings is 2. The van der Waals surface area contributed by atoms with Gasteiger partial charge < -0.3 is 33.9 Å². The van der Waals surface area contributed by atoms with Gasteiger partial charge in [-0.25, -0.2) is 0 Å². The lowest BCUT2D eigenvalue weighted by atomic mass is 9.97. The largest absolute Gasteiger partial charge is 0.497 e. The highest BCUT2D eigenvalue weighted by atomic mass is 16.7. The van der Waals surface area contributed by atoms with Gasteiger partial charge in [0.2, 0.25) is 0 Å². The molecule has 2 heterocycles. The number of methoxy groups -OCH3 is 1. The smallest absolute Gasteiger partial charge is 0.184 e. The van der Waals surface area contributed by atoms with Crippen molar-refractivity contribution in [2.45, 2.75) is 43.6 Å².